The number of hydrogen-bond acceptors (Lipinski definition) is 1. The van der Waals surface area contributed by atoms with Gasteiger partial charge >= 0.3 is 0 Å². The summed E-state index contributed by atoms with van der Waals surface area (Å²) in [5.41, 5.74) is 3.53. The van der Waals surface area contributed by atoms with Crippen molar-refractivity contribution in [3.05, 3.63) is 34.9 Å². The van der Waals surface area contributed by atoms with Crippen LogP contribution in [0.1, 0.15) is 16.7 Å². The highest BCUT2D eigenvalue weighted by Crippen LogP contribution is 2.16. The van der Waals surface area contributed by atoms with Crippen molar-refractivity contribution in [2.24, 2.45) is 0 Å². The zero-order valence-electron chi connectivity index (χ0n) is 8.02. The van der Waals surface area contributed by atoms with Gasteiger partial charge in [-0.15, -0.1) is 0 Å². The lowest BCUT2D eigenvalue weighted by atomic mass is 10.0. The molecule has 0 N–H and O–H groups in total. The molecule has 3 heteroatoms. The average Bonchev–Trinajstić information content (AvgIpc) is 2.18. The van der Waals surface area contributed by atoms with Crippen molar-refractivity contribution in [2.45, 2.75) is 18.7 Å². The van der Waals surface area contributed by atoms with Crippen LogP contribution in [0.5, 0.6) is 0 Å². The van der Waals surface area contributed by atoms with E-state index in [9.17, 15) is 4.79 Å². The van der Waals surface area contributed by atoms with Crippen LogP contribution in [0.2, 0.25) is 0 Å². The van der Waals surface area contributed by atoms with Gasteiger partial charge in [0.15, 0.2) is 0 Å². The Balaban J connectivity index is 2.93. The summed E-state index contributed by atoms with van der Waals surface area (Å²) in [5.74, 6) is 0.220. The molecular weight excluding hydrogens is 308 g/mol. The second-order valence-corrected chi connectivity index (χ2v) is 4.38. The summed E-state index contributed by atoms with van der Waals surface area (Å²) < 4.78 is 0. The van der Waals surface area contributed by atoms with Gasteiger partial charge in [-0.2, -0.15) is 0 Å². The van der Waals surface area contributed by atoms with Crippen LogP contribution >= 0.6 is 31.9 Å². The van der Waals surface area contributed by atoms with Gasteiger partial charge in [-0.1, -0.05) is 55.6 Å². The van der Waals surface area contributed by atoms with Gasteiger partial charge < -0.3 is 0 Å². The molecule has 0 saturated carbocycles. The van der Waals surface area contributed by atoms with E-state index in [0.29, 0.717) is 11.8 Å². The predicted molar refractivity (Wildman–Crippen MR) is 66.3 cm³/mol. The third-order valence-electron chi connectivity index (χ3n) is 2.04. The summed E-state index contributed by atoms with van der Waals surface area (Å²) in [5, 5.41) is 1.24. The smallest absolute Gasteiger partial charge is 0.147 e. The topological polar surface area (TPSA) is 17.1 Å². The lowest BCUT2D eigenvalue weighted by Gasteiger charge is -2.06. The summed E-state index contributed by atoms with van der Waals surface area (Å²) in [7, 11) is 0. The molecule has 0 aromatic heterocycles. The lowest BCUT2D eigenvalue weighted by Crippen LogP contribution is -2.05. The van der Waals surface area contributed by atoms with Crippen molar-refractivity contribution in [3.63, 3.8) is 0 Å². The van der Waals surface area contributed by atoms with Gasteiger partial charge in [0, 0.05) is 11.8 Å². The molecule has 0 fully saturated rings. The fourth-order valence-corrected chi connectivity index (χ4v) is 2.05. The Labute approximate surface area is 101 Å². The van der Waals surface area contributed by atoms with E-state index >= 15 is 0 Å². The average molecular weight is 320 g/mol. The quantitative estimate of drug-likeness (QED) is 0.777. The molecule has 0 aliphatic heterocycles. The molecule has 1 aromatic rings. The fraction of sp³-hybridized carbons (Fsp3) is 0.364. The number of aryl methyl sites for hydroxylation is 1. The molecule has 0 heterocycles. The van der Waals surface area contributed by atoms with E-state index in [1.807, 2.05) is 6.92 Å². The second kappa shape index (κ2) is 5.66. The van der Waals surface area contributed by atoms with E-state index in [1.165, 1.54) is 11.1 Å². The van der Waals surface area contributed by atoms with Crippen molar-refractivity contribution in [3.8, 4) is 0 Å². The molecule has 0 aliphatic rings. The molecule has 0 unspecified atom stereocenters. The number of rotatable bonds is 4. The molecule has 0 amide bonds. The lowest BCUT2D eigenvalue weighted by molar-refractivity contribution is -0.115. The number of halogens is 2. The summed E-state index contributed by atoms with van der Waals surface area (Å²) >= 11 is 6.60. The van der Waals surface area contributed by atoms with Crippen LogP contribution in [0.3, 0.4) is 0 Å². The molecular formula is C11H12Br2O. The molecule has 1 rings (SSSR count). The first-order valence-corrected chi connectivity index (χ1v) is 6.63. The first kappa shape index (κ1) is 11.9. The van der Waals surface area contributed by atoms with Crippen LogP contribution in [-0.4, -0.2) is 11.1 Å². The largest absolute Gasteiger partial charge is 0.298 e. The third-order valence-corrected chi connectivity index (χ3v) is 3.27. The number of carbonyl (C=O) groups excluding carboxylic acids is 1. The number of Topliss-reactive ketones (excluding diaryl/α,β-unsaturated/α-hetero) is 1. The Morgan fingerprint density at radius 2 is 2.00 bits per heavy atom. The van der Waals surface area contributed by atoms with Crippen LogP contribution in [0.25, 0.3) is 0 Å². The Kier molecular flexibility index (Phi) is 4.82. The molecule has 14 heavy (non-hydrogen) atoms. The summed E-state index contributed by atoms with van der Waals surface area (Å²) in [4.78, 5) is 11.3. The zero-order valence-corrected chi connectivity index (χ0v) is 11.2. The number of alkyl halides is 2. The molecule has 0 bridgehead atoms. The maximum atomic E-state index is 11.3. The molecule has 76 valence electrons. The first-order valence-electron chi connectivity index (χ1n) is 4.39. The van der Waals surface area contributed by atoms with Gasteiger partial charge in [-0.25, -0.2) is 0 Å². The Hall–Kier alpha value is -0.150. The van der Waals surface area contributed by atoms with E-state index in [4.69, 9.17) is 0 Å². The van der Waals surface area contributed by atoms with Crippen molar-refractivity contribution in [1.29, 1.82) is 0 Å². The van der Waals surface area contributed by atoms with Crippen molar-refractivity contribution >= 4 is 37.6 Å². The van der Waals surface area contributed by atoms with Gasteiger partial charge in [0.25, 0.3) is 0 Å². The minimum absolute atomic E-state index is 0.220. The number of benzene rings is 1. The van der Waals surface area contributed by atoms with Crippen molar-refractivity contribution in [1.82, 2.24) is 0 Å². The molecule has 1 nitrogen and oxygen atoms in total. The van der Waals surface area contributed by atoms with Crippen LogP contribution in [0.15, 0.2) is 18.2 Å². The standard InChI is InChI=1S/C11H12Br2O/c1-8-2-3-9(6-12)10(4-8)5-11(14)7-13/h2-4H,5-7H2,1H3. The van der Waals surface area contributed by atoms with Crippen LogP contribution in [0.4, 0.5) is 0 Å². The molecule has 0 spiro atoms. The molecule has 0 radical (unpaired) electrons. The van der Waals surface area contributed by atoms with E-state index < -0.39 is 0 Å². The predicted octanol–water partition coefficient (Wildman–Crippen LogP) is 3.40. The fourth-order valence-electron chi connectivity index (χ4n) is 1.31. The van der Waals surface area contributed by atoms with E-state index in [2.05, 4.69) is 50.1 Å². The molecule has 0 saturated heterocycles. The summed E-state index contributed by atoms with van der Waals surface area (Å²) in [6, 6.07) is 6.22. The van der Waals surface area contributed by atoms with Gasteiger partial charge in [0.2, 0.25) is 0 Å². The van der Waals surface area contributed by atoms with Gasteiger partial charge in [0.1, 0.15) is 5.78 Å². The number of ketones is 1. The minimum atomic E-state index is 0.220. The maximum absolute atomic E-state index is 11.3. The second-order valence-electron chi connectivity index (χ2n) is 3.25. The number of hydrogen-bond donors (Lipinski definition) is 0. The van der Waals surface area contributed by atoms with Crippen molar-refractivity contribution in [2.75, 3.05) is 5.33 Å². The van der Waals surface area contributed by atoms with Crippen LogP contribution < -0.4 is 0 Å². The highest BCUT2D eigenvalue weighted by molar-refractivity contribution is 9.09. The highest BCUT2D eigenvalue weighted by atomic mass is 79.9. The van der Waals surface area contributed by atoms with Gasteiger partial charge in [0.05, 0.1) is 5.33 Å². The minimum Gasteiger partial charge on any atom is -0.298 e. The third kappa shape index (κ3) is 3.21. The Morgan fingerprint density at radius 3 is 2.57 bits per heavy atom. The van der Waals surface area contributed by atoms with E-state index in [0.717, 1.165) is 10.9 Å². The first-order chi connectivity index (χ1) is 6.67. The SMILES string of the molecule is Cc1ccc(CBr)c(CC(=O)CBr)c1. The molecule has 0 atom stereocenters. The highest BCUT2D eigenvalue weighted by Gasteiger charge is 2.06. The molecule has 0 aliphatic carbocycles. The van der Waals surface area contributed by atoms with Gasteiger partial charge in [-0.05, 0) is 18.1 Å². The Bertz CT molecular complexity index is 334. The van der Waals surface area contributed by atoms with Gasteiger partial charge in [-0.3, -0.25) is 4.79 Å². The zero-order chi connectivity index (χ0) is 10.6. The van der Waals surface area contributed by atoms with E-state index in [-0.39, 0.29) is 5.78 Å². The maximum Gasteiger partial charge on any atom is 0.147 e. The Morgan fingerprint density at radius 1 is 1.29 bits per heavy atom. The van der Waals surface area contributed by atoms with Crippen molar-refractivity contribution < 1.29 is 4.79 Å². The molecule has 1 aromatic carbocycles. The number of carbonyl (C=O) groups is 1. The normalized spacial score (nSPS) is 10.2. The van der Waals surface area contributed by atoms with Crippen LogP contribution in [0, 0.1) is 6.92 Å². The monoisotopic (exact) mass is 318 g/mol. The summed E-state index contributed by atoms with van der Waals surface area (Å²) in [6.07, 6.45) is 0.522. The summed E-state index contributed by atoms with van der Waals surface area (Å²) in [6.45, 7) is 2.04. The van der Waals surface area contributed by atoms with Crippen LogP contribution in [-0.2, 0) is 16.5 Å². The van der Waals surface area contributed by atoms with E-state index in [1.54, 1.807) is 0 Å².